The molecule has 0 saturated heterocycles. The molecule has 4 heteroatoms. The number of aryl methyl sites for hydroxylation is 1. The van der Waals surface area contributed by atoms with E-state index in [-0.39, 0.29) is 5.56 Å². The van der Waals surface area contributed by atoms with Crippen molar-refractivity contribution >= 4 is 17.3 Å². The number of pyridine rings is 1. The quantitative estimate of drug-likeness (QED) is 0.868. The number of aromatic nitrogens is 1. The number of nitrogens with one attached hydrogen (secondary N) is 1. The van der Waals surface area contributed by atoms with Gasteiger partial charge in [0.2, 0.25) is 0 Å². The molecule has 2 rings (SSSR count). The standard InChI is InChI=1S/C14H14N2O2/c1-9-4-3-5-12(10(9)2)16-13-6-7-15-8-11(13)14(17)18/h3-8H,1-2H3,(H,15,16)(H,17,18). The molecule has 0 aliphatic heterocycles. The van der Waals surface area contributed by atoms with Crippen molar-refractivity contribution in [2.24, 2.45) is 0 Å². The lowest BCUT2D eigenvalue weighted by atomic mass is 10.1. The number of nitrogens with zero attached hydrogens (tertiary/aromatic N) is 1. The lowest BCUT2D eigenvalue weighted by molar-refractivity contribution is 0.0697. The number of anilines is 2. The van der Waals surface area contributed by atoms with Gasteiger partial charge in [-0.3, -0.25) is 4.98 Å². The summed E-state index contributed by atoms with van der Waals surface area (Å²) in [5.41, 5.74) is 3.88. The van der Waals surface area contributed by atoms with Crippen LogP contribution in [0.2, 0.25) is 0 Å². The molecule has 2 N–H and O–H groups in total. The molecule has 4 nitrogen and oxygen atoms in total. The van der Waals surface area contributed by atoms with E-state index in [1.54, 1.807) is 12.3 Å². The number of rotatable bonds is 3. The van der Waals surface area contributed by atoms with Gasteiger partial charge in [-0.2, -0.15) is 0 Å². The Kier molecular flexibility index (Phi) is 3.28. The maximum atomic E-state index is 11.1. The molecule has 0 radical (unpaired) electrons. The van der Waals surface area contributed by atoms with Crippen LogP contribution >= 0.6 is 0 Å². The van der Waals surface area contributed by atoms with Crippen molar-refractivity contribution < 1.29 is 9.90 Å². The third kappa shape index (κ3) is 2.32. The molecular weight excluding hydrogens is 228 g/mol. The predicted molar refractivity (Wildman–Crippen MR) is 70.4 cm³/mol. The minimum Gasteiger partial charge on any atom is -0.478 e. The lowest BCUT2D eigenvalue weighted by Crippen LogP contribution is -2.04. The highest BCUT2D eigenvalue weighted by atomic mass is 16.4. The summed E-state index contributed by atoms with van der Waals surface area (Å²) in [4.78, 5) is 14.9. The normalized spacial score (nSPS) is 10.1. The Morgan fingerprint density at radius 2 is 2.00 bits per heavy atom. The minimum atomic E-state index is -0.990. The number of aromatic carboxylic acids is 1. The molecule has 0 amide bonds. The van der Waals surface area contributed by atoms with E-state index in [1.165, 1.54) is 6.20 Å². The molecule has 0 aliphatic carbocycles. The van der Waals surface area contributed by atoms with E-state index < -0.39 is 5.97 Å². The van der Waals surface area contributed by atoms with Crippen LogP contribution in [-0.4, -0.2) is 16.1 Å². The summed E-state index contributed by atoms with van der Waals surface area (Å²) in [6, 6.07) is 7.54. The number of hydrogen-bond acceptors (Lipinski definition) is 3. The van der Waals surface area contributed by atoms with Gasteiger partial charge in [-0.1, -0.05) is 12.1 Å². The summed E-state index contributed by atoms with van der Waals surface area (Å²) in [6.07, 6.45) is 2.91. The number of hydrogen-bond donors (Lipinski definition) is 2. The van der Waals surface area contributed by atoms with E-state index in [9.17, 15) is 4.79 Å². The van der Waals surface area contributed by atoms with Crippen molar-refractivity contribution in [1.29, 1.82) is 0 Å². The zero-order chi connectivity index (χ0) is 13.1. The third-order valence-electron chi connectivity index (χ3n) is 2.93. The maximum absolute atomic E-state index is 11.1. The fourth-order valence-electron chi connectivity index (χ4n) is 1.71. The van der Waals surface area contributed by atoms with E-state index in [2.05, 4.69) is 10.3 Å². The molecule has 0 spiro atoms. The molecule has 0 bridgehead atoms. The predicted octanol–water partition coefficient (Wildman–Crippen LogP) is 3.14. The Morgan fingerprint density at radius 3 is 2.72 bits per heavy atom. The van der Waals surface area contributed by atoms with Crippen LogP contribution in [0.15, 0.2) is 36.7 Å². The van der Waals surface area contributed by atoms with Gasteiger partial charge in [-0.25, -0.2) is 4.79 Å². The third-order valence-corrected chi connectivity index (χ3v) is 2.93. The zero-order valence-electron chi connectivity index (χ0n) is 10.3. The molecule has 92 valence electrons. The van der Waals surface area contributed by atoms with Gasteiger partial charge in [0.1, 0.15) is 5.56 Å². The van der Waals surface area contributed by atoms with Crippen LogP contribution in [0.4, 0.5) is 11.4 Å². The molecule has 1 heterocycles. The second-order valence-corrected chi connectivity index (χ2v) is 4.10. The molecule has 1 aromatic heterocycles. The van der Waals surface area contributed by atoms with Gasteiger partial charge in [0.05, 0.1) is 5.69 Å². The Labute approximate surface area is 105 Å². The van der Waals surface area contributed by atoms with Crippen LogP contribution in [0.1, 0.15) is 21.5 Å². The SMILES string of the molecule is Cc1cccc(Nc2ccncc2C(=O)O)c1C. The summed E-state index contributed by atoms with van der Waals surface area (Å²) >= 11 is 0. The molecule has 1 aromatic carbocycles. The van der Waals surface area contributed by atoms with Gasteiger partial charge in [0.25, 0.3) is 0 Å². The maximum Gasteiger partial charge on any atom is 0.339 e. The van der Waals surface area contributed by atoms with Crippen LogP contribution in [0.5, 0.6) is 0 Å². The number of carboxylic acid groups (broad SMARTS) is 1. The highest BCUT2D eigenvalue weighted by Crippen LogP contribution is 2.24. The summed E-state index contributed by atoms with van der Waals surface area (Å²) in [5.74, 6) is -0.990. The lowest BCUT2D eigenvalue weighted by Gasteiger charge is -2.12. The number of benzene rings is 1. The zero-order valence-corrected chi connectivity index (χ0v) is 10.3. The average molecular weight is 242 g/mol. The highest BCUT2D eigenvalue weighted by Gasteiger charge is 2.10. The van der Waals surface area contributed by atoms with E-state index in [4.69, 9.17) is 5.11 Å². The van der Waals surface area contributed by atoms with Gasteiger partial charge >= 0.3 is 5.97 Å². The van der Waals surface area contributed by atoms with Gasteiger partial charge < -0.3 is 10.4 Å². The second kappa shape index (κ2) is 4.87. The van der Waals surface area contributed by atoms with E-state index in [1.807, 2.05) is 32.0 Å². The van der Waals surface area contributed by atoms with Crippen LogP contribution < -0.4 is 5.32 Å². The summed E-state index contributed by atoms with van der Waals surface area (Å²) in [7, 11) is 0. The molecule has 0 saturated carbocycles. The largest absolute Gasteiger partial charge is 0.478 e. The van der Waals surface area contributed by atoms with Crippen molar-refractivity contribution in [1.82, 2.24) is 4.98 Å². The molecule has 0 fully saturated rings. The first-order valence-electron chi connectivity index (χ1n) is 5.60. The molecule has 18 heavy (non-hydrogen) atoms. The Morgan fingerprint density at radius 1 is 1.22 bits per heavy atom. The first-order chi connectivity index (χ1) is 8.59. The molecule has 0 atom stereocenters. The van der Waals surface area contributed by atoms with Gasteiger partial charge in [0.15, 0.2) is 0 Å². The van der Waals surface area contributed by atoms with Crippen molar-refractivity contribution in [3.8, 4) is 0 Å². The fourth-order valence-corrected chi connectivity index (χ4v) is 1.71. The number of carbonyl (C=O) groups is 1. The van der Waals surface area contributed by atoms with Crippen molar-refractivity contribution in [2.75, 3.05) is 5.32 Å². The minimum absolute atomic E-state index is 0.165. The Hall–Kier alpha value is -2.36. The topological polar surface area (TPSA) is 62.2 Å². The van der Waals surface area contributed by atoms with Gasteiger partial charge in [-0.15, -0.1) is 0 Å². The highest BCUT2D eigenvalue weighted by molar-refractivity contribution is 5.94. The molecule has 0 unspecified atom stereocenters. The summed E-state index contributed by atoms with van der Waals surface area (Å²) < 4.78 is 0. The van der Waals surface area contributed by atoms with Crippen molar-refractivity contribution in [2.45, 2.75) is 13.8 Å². The summed E-state index contributed by atoms with van der Waals surface area (Å²) in [5, 5.41) is 12.2. The Balaban J connectivity index is 2.40. The van der Waals surface area contributed by atoms with Crippen molar-refractivity contribution in [3.63, 3.8) is 0 Å². The van der Waals surface area contributed by atoms with Gasteiger partial charge in [-0.05, 0) is 37.1 Å². The van der Waals surface area contributed by atoms with Crippen LogP contribution in [0.25, 0.3) is 0 Å². The first-order valence-corrected chi connectivity index (χ1v) is 5.60. The average Bonchev–Trinajstić information content (AvgIpc) is 2.35. The Bertz CT molecular complexity index is 594. The van der Waals surface area contributed by atoms with E-state index >= 15 is 0 Å². The van der Waals surface area contributed by atoms with E-state index in [0.717, 1.165) is 16.8 Å². The van der Waals surface area contributed by atoms with Crippen molar-refractivity contribution in [3.05, 3.63) is 53.3 Å². The fraction of sp³-hybridized carbons (Fsp3) is 0.143. The molecule has 2 aromatic rings. The monoisotopic (exact) mass is 242 g/mol. The second-order valence-electron chi connectivity index (χ2n) is 4.10. The first kappa shape index (κ1) is 12.1. The summed E-state index contributed by atoms with van der Waals surface area (Å²) in [6.45, 7) is 4.02. The van der Waals surface area contributed by atoms with Gasteiger partial charge in [0, 0.05) is 18.1 Å². The van der Waals surface area contributed by atoms with Crippen LogP contribution in [-0.2, 0) is 0 Å². The smallest absolute Gasteiger partial charge is 0.339 e. The van der Waals surface area contributed by atoms with Crippen LogP contribution in [0.3, 0.4) is 0 Å². The van der Waals surface area contributed by atoms with E-state index in [0.29, 0.717) is 5.69 Å². The molecule has 0 aliphatic rings. The molecular formula is C14H14N2O2. The number of carboxylic acids is 1. The van der Waals surface area contributed by atoms with Crippen LogP contribution in [0, 0.1) is 13.8 Å².